The third-order valence-corrected chi connectivity index (χ3v) is 4.03. The van der Waals surface area contributed by atoms with Gasteiger partial charge in [-0.05, 0) is 19.8 Å². The van der Waals surface area contributed by atoms with Crippen LogP contribution in [0.25, 0.3) is 0 Å². The molecule has 3 atom stereocenters. The molecular formula is C12H21NO4. The van der Waals surface area contributed by atoms with Gasteiger partial charge < -0.3 is 14.6 Å². The molecule has 0 aliphatic carbocycles. The number of carboxylic acid groups (broad SMARTS) is 1. The fourth-order valence-electron chi connectivity index (χ4n) is 2.83. The average Bonchev–Trinajstić information content (AvgIpc) is 2.71. The summed E-state index contributed by atoms with van der Waals surface area (Å²) >= 11 is 0. The molecule has 2 saturated heterocycles. The zero-order valence-corrected chi connectivity index (χ0v) is 10.5. The van der Waals surface area contributed by atoms with Crippen molar-refractivity contribution in [3.63, 3.8) is 0 Å². The number of aliphatic carboxylic acids is 1. The van der Waals surface area contributed by atoms with Gasteiger partial charge in [-0.25, -0.2) is 0 Å². The Hall–Kier alpha value is -0.650. The summed E-state index contributed by atoms with van der Waals surface area (Å²) in [7, 11) is 1.73. The summed E-state index contributed by atoms with van der Waals surface area (Å²) in [6.45, 7) is 3.95. The molecule has 17 heavy (non-hydrogen) atoms. The molecule has 98 valence electrons. The van der Waals surface area contributed by atoms with Crippen LogP contribution in [-0.2, 0) is 14.3 Å². The van der Waals surface area contributed by atoms with Crippen LogP contribution in [0.3, 0.4) is 0 Å². The van der Waals surface area contributed by atoms with Gasteiger partial charge in [-0.2, -0.15) is 0 Å². The number of methoxy groups -OCH3 is 1. The maximum atomic E-state index is 11.0. The number of ether oxygens (including phenoxy) is 2. The summed E-state index contributed by atoms with van der Waals surface area (Å²) in [5, 5.41) is 9.02. The second-order valence-electron chi connectivity index (χ2n) is 5.12. The van der Waals surface area contributed by atoms with E-state index in [-0.39, 0.29) is 11.7 Å². The van der Waals surface area contributed by atoms with Crippen LogP contribution in [-0.4, -0.2) is 60.5 Å². The fraction of sp³-hybridized carbons (Fsp3) is 0.917. The summed E-state index contributed by atoms with van der Waals surface area (Å²) < 4.78 is 11.3. The van der Waals surface area contributed by atoms with E-state index in [0.717, 1.165) is 25.8 Å². The number of likely N-dealkylation sites (tertiary alicyclic amines) is 1. The van der Waals surface area contributed by atoms with E-state index in [4.69, 9.17) is 14.6 Å². The Kier molecular flexibility index (Phi) is 3.70. The molecular weight excluding hydrogens is 222 g/mol. The Morgan fingerprint density at radius 1 is 1.65 bits per heavy atom. The zero-order valence-electron chi connectivity index (χ0n) is 10.5. The summed E-state index contributed by atoms with van der Waals surface area (Å²) in [5.74, 6) is -0.763. The molecule has 0 amide bonds. The van der Waals surface area contributed by atoms with Gasteiger partial charge in [-0.15, -0.1) is 0 Å². The third kappa shape index (κ3) is 2.61. The fourth-order valence-corrected chi connectivity index (χ4v) is 2.83. The van der Waals surface area contributed by atoms with Gasteiger partial charge >= 0.3 is 5.97 Å². The van der Waals surface area contributed by atoms with Gasteiger partial charge in [0, 0.05) is 33.2 Å². The van der Waals surface area contributed by atoms with E-state index < -0.39 is 12.0 Å². The summed E-state index contributed by atoms with van der Waals surface area (Å²) in [5.41, 5.74) is -0.178. The van der Waals surface area contributed by atoms with Crippen molar-refractivity contribution in [3.05, 3.63) is 0 Å². The summed E-state index contributed by atoms with van der Waals surface area (Å²) in [4.78, 5) is 13.0. The molecule has 0 radical (unpaired) electrons. The Bertz CT molecular complexity index is 296. The molecule has 0 aromatic heterocycles. The van der Waals surface area contributed by atoms with Crippen LogP contribution >= 0.6 is 0 Å². The monoisotopic (exact) mass is 243 g/mol. The van der Waals surface area contributed by atoms with Crippen molar-refractivity contribution in [2.45, 2.75) is 43.9 Å². The smallest absolute Gasteiger partial charge is 0.320 e. The van der Waals surface area contributed by atoms with Gasteiger partial charge in [0.15, 0.2) is 0 Å². The Labute approximate surface area is 102 Å². The molecule has 2 fully saturated rings. The Balaban J connectivity index is 1.98. The molecule has 2 heterocycles. The highest BCUT2D eigenvalue weighted by molar-refractivity contribution is 5.72. The number of nitrogens with zero attached hydrogens (tertiary/aromatic N) is 1. The first kappa shape index (κ1) is 12.8. The second-order valence-corrected chi connectivity index (χ2v) is 5.12. The van der Waals surface area contributed by atoms with Crippen LogP contribution in [0.2, 0.25) is 0 Å². The number of carboxylic acids is 1. The molecule has 0 aromatic rings. The lowest BCUT2D eigenvalue weighted by Gasteiger charge is -2.38. The van der Waals surface area contributed by atoms with Gasteiger partial charge in [-0.1, -0.05) is 0 Å². The Morgan fingerprint density at radius 2 is 2.41 bits per heavy atom. The molecule has 1 spiro atoms. The van der Waals surface area contributed by atoms with Crippen molar-refractivity contribution >= 4 is 5.97 Å². The zero-order chi connectivity index (χ0) is 12.5. The average molecular weight is 243 g/mol. The van der Waals surface area contributed by atoms with E-state index in [1.807, 2.05) is 4.90 Å². The topological polar surface area (TPSA) is 59.0 Å². The van der Waals surface area contributed by atoms with E-state index in [1.165, 1.54) is 0 Å². The number of hydrogen-bond donors (Lipinski definition) is 1. The molecule has 0 bridgehead atoms. The Morgan fingerprint density at radius 3 is 3.06 bits per heavy atom. The summed E-state index contributed by atoms with van der Waals surface area (Å²) in [6.07, 6.45) is 2.98. The van der Waals surface area contributed by atoms with Crippen LogP contribution in [0.4, 0.5) is 0 Å². The van der Waals surface area contributed by atoms with Crippen LogP contribution in [0.1, 0.15) is 26.2 Å². The van der Waals surface area contributed by atoms with E-state index in [0.29, 0.717) is 13.2 Å². The molecule has 5 heteroatoms. The van der Waals surface area contributed by atoms with E-state index in [2.05, 4.69) is 0 Å². The van der Waals surface area contributed by atoms with Crippen LogP contribution in [0, 0.1) is 0 Å². The molecule has 2 aliphatic heterocycles. The van der Waals surface area contributed by atoms with Crippen LogP contribution in [0.15, 0.2) is 0 Å². The predicted molar refractivity (Wildman–Crippen MR) is 62.0 cm³/mol. The highest BCUT2D eigenvalue weighted by Crippen LogP contribution is 2.35. The standard InChI is InChI=1S/C12H21NO4/c1-9(11(14)15)13-5-4-12(8-13)7-10(16-2)3-6-17-12/h9-10H,3-8H2,1-2H3,(H,14,15)/t9-,10-,12+/m1/s1. The van der Waals surface area contributed by atoms with Gasteiger partial charge in [0.05, 0.1) is 11.7 Å². The number of rotatable bonds is 3. The number of hydrogen-bond acceptors (Lipinski definition) is 4. The first-order valence-electron chi connectivity index (χ1n) is 6.20. The number of carbonyl (C=O) groups is 1. The molecule has 2 aliphatic rings. The van der Waals surface area contributed by atoms with Gasteiger partial charge in [0.25, 0.3) is 0 Å². The van der Waals surface area contributed by atoms with Crippen LogP contribution < -0.4 is 0 Å². The lowest BCUT2D eigenvalue weighted by molar-refractivity contribution is -0.144. The second kappa shape index (κ2) is 4.92. The maximum absolute atomic E-state index is 11.0. The molecule has 5 nitrogen and oxygen atoms in total. The quantitative estimate of drug-likeness (QED) is 0.792. The molecule has 0 saturated carbocycles. The highest BCUT2D eigenvalue weighted by Gasteiger charge is 2.45. The van der Waals surface area contributed by atoms with E-state index >= 15 is 0 Å². The normalized spacial score (nSPS) is 36.2. The van der Waals surface area contributed by atoms with Crippen molar-refractivity contribution in [1.82, 2.24) is 4.90 Å². The predicted octanol–water partition coefficient (Wildman–Crippen LogP) is 0.729. The van der Waals surface area contributed by atoms with Crippen LogP contribution in [0.5, 0.6) is 0 Å². The molecule has 2 rings (SSSR count). The van der Waals surface area contributed by atoms with Gasteiger partial charge in [0.1, 0.15) is 6.04 Å². The van der Waals surface area contributed by atoms with Gasteiger partial charge in [-0.3, -0.25) is 9.69 Å². The van der Waals surface area contributed by atoms with Gasteiger partial charge in [0.2, 0.25) is 0 Å². The SMILES string of the molecule is CO[C@@H]1CCO[C@@]2(CCN([C@H](C)C(=O)O)C2)C1. The van der Waals surface area contributed by atoms with E-state index in [1.54, 1.807) is 14.0 Å². The maximum Gasteiger partial charge on any atom is 0.320 e. The first-order valence-corrected chi connectivity index (χ1v) is 6.20. The minimum atomic E-state index is -0.763. The van der Waals surface area contributed by atoms with E-state index in [9.17, 15) is 4.79 Å². The summed E-state index contributed by atoms with van der Waals surface area (Å²) in [6, 6.07) is -0.430. The molecule has 0 unspecified atom stereocenters. The molecule has 0 aromatic carbocycles. The van der Waals surface area contributed by atoms with Crippen molar-refractivity contribution < 1.29 is 19.4 Å². The minimum Gasteiger partial charge on any atom is -0.480 e. The first-order chi connectivity index (χ1) is 8.06. The van der Waals surface area contributed by atoms with Crippen molar-refractivity contribution in [3.8, 4) is 0 Å². The largest absolute Gasteiger partial charge is 0.480 e. The van der Waals surface area contributed by atoms with Crippen molar-refractivity contribution in [1.29, 1.82) is 0 Å². The lowest BCUT2D eigenvalue weighted by atomic mass is 9.91. The lowest BCUT2D eigenvalue weighted by Crippen LogP contribution is -2.46. The van der Waals surface area contributed by atoms with Crippen molar-refractivity contribution in [2.75, 3.05) is 26.8 Å². The molecule has 1 N–H and O–H groups in total. The third-order valence-electron chi connectivity index (χ3n) is 4.03. The minimum absolute atomic E-state index is 0.178. The highest BCUT2D eigenvalue weighted by atomic mass is 16.5. The van der Waals surface area contributed by atoms with Crippen molar-refractivity contribution in [2.24, 2.45) is 0 Å².